The zero-order valence-electron chi connectivity index (χ0n) is 9.20. The third kappa shape index (κ3) is 2.61. The average Bonchev–Trinajstić information content (AvgIpc) is 2.21. The smallest absolute Gasteiger partial charge is 0.255 e. The van der Waals surface area contributed by atoms with E-state index in [2.05, 4.69) is 10.3 Å². The van der Waals surface area contributed by atoms with E-state index < -0.39 is 5.95 Å². The van der Waals surface area contributed by atoms with Crippen molar-refractivity contribution in [3.63, 3.8) is 0 Å². The van der Waals surface area contributed by atoms with Gasteiger partial charge in [0.25, 0.3) is 5.95 Å². The fourth-order valence-corrected chi connectivity index (χ4v) is 1.43. The van der Waals surface area contributed by atoms with Crippen molar-refractivity contribution in [3.05, 3.63) is 18.2 Å². The summed E-state index contributed by atoms with van der Waals surface area (Å²) in [6.07, 6.45) is 2.49. The van der Waals surface area contributed by atoms with Crippen LogP contribution in [0.4, 0.5) is 4.39 Å². The molecule has 0 saturated carbocycles. The first-order valence-corrected chi connectivity index (χ1v) is 5.44. The number of aromatic nitrogens is 1. The van der Waals surface area contributed by atoms with E-state index in [9.17, 15) is 4.39 Å². The van der Waals surface area contributed by atoms with Crippen LogP contribution >= 0.6 is 0 Å². The second-order valence-corrected chi connectivity index (χ2v) is 3.64. The van der Waals surface area contributed by atoms with E-state index in [-0.39, 0.29) is 5.75 Å². The molecule has 1 aliphatic rings. The fourth-order valence-electron chi connectivity index (χ4n) is 1.43. The van der Waals surface area contributed by atoms with Crippen molar-refractivity contribution in [3.8, 4) is 11.5 Å². The van der Waals surface area contributed by atoms with E-state index in [1.807, 2.05) is 0 Å². The summed E-state index contributed by atoms with van der Waals surface area (Å²) in [5.41, 5.74) is 0. The molecule has 1 unspecified atom stereocenters. The summed E-state index contributed by atoms with van der Waals surface area (Å²) in [5, 5.41) is 3.22. The molecular formula is C11H15FN2O2. The molecule has 0 aromatic carbocycles. The molecule has 88 valence electrons. The molecule has 0 aliphatic carbocycles. The number of nitrogens with zero attached hydrogens (tertiary/aromatic N) is 1. The van der Waals surface area contributed by atoms with Gasteiger partial charge in [-0.15, -0.1) is 0 Å². The third-order valence-electron chi connectivity index (χ3n) is 2.46. The lowest BCUT2D eigenvalue weighted by Crippen LogP contribution is -2.46. The Hall–Kier alpha value is -1.36. The highest BCUT2D eigenvalue weighted by Crippen LogP contribution is 2.21. The normalized spacial score (nSPS) is 19.0. The zero-order valence-corrected chi connectivity index (χ0v) is 9.20. The molecule has 0 bridgehead atoms. The second-order valence-electron chi connectivity index (χ2n) is 3.64. The van der Waals surface area contributed by atoms with Crippen LogP contribution in [-0.4, -0.2) is 30.8 Å². The molecule has 5 heteroatoms. The van der Waals surface area contributed by atoms with Crippen LogP contribution in [0.5, 0.6) is 11.5 Å². The van der Waals surface area contributed by atoms with Crippen LogP contribution in [0.25, 0.3) is 0 Å². The Morgan fingerprint density at radius 2 is 2.38 bits per heavy atom. The molecule has 0 spiro atoms. The van der Waals surface area contributed by atoms with Gasteiger partial charge >= 0.3 is 0 Å². The number of ether oxygens (including phenoxy) is 2. The van der Waals surface area contributed by atoms with Crippen LogP contribution in [0, 0.1) is 5.95 Å². The maximum atomic E-state index is 13.1. The van der Waals surface area contributed by atoms with E-state index in [1.54, 1.807) is 6.92 Å². The van der Waals surface area contributed by atoms with Crippen molar-refractivity contribution in [1.82, 2.24) is 10.3 Å². The zero-order chi connectivity index (χ0) is 11.4. The van der Waals surface area contributed by atoms with Gasteiger partial charge in [-0.2, -0.15) is 4.39 Å². The lowest BCUT2D eigenvalue weighted by Gasteiger charge is -2.27. The Labute approximate surface area is 93.8 Å². The Bertz CT molecular complexity index is 356. The SMILES string of the molecule is CCOc1cc(OCC2CCN2)cnc1F. The fraction of sp³-hybridized carbons (Fsp3) is 0.545. The predicted octanol–water partition coefficient (Wildman–Crippen LogP) is 1.36. The van der Waals surface area contributed by atoms with Crippen molar-refractivity contribution in [2.75, 3.05) is 19.8 Å². The maximum absolute atomic E-state index is 13.1. The molecular weight excluding hydrogens is 211 g/mol. The van der Waals surface area contributed by atoms with Crippen LogP contribution in [0.2, 0.25) is 0 Å². The summed E-state index contributed by atoms with van der Waals surface area (Å²) in [6.45, 7) is 3.83. The van der Waals surface area contributed by atoms with Crippen molar-refractivity contribution >= 4 is 0 Å². The predicted molar refractivity (Wildman–Crippen MR) is 57.3 cm³/mol. The van der Waals surface area contributed by atoms with Gasteiger partial charge in [-0.25, -0.2) is 4.98 Å². The summed E-state index contributed by atoms with van der Waals surface area (Å²) in [4.78, 5) is 3.58. The Kier molecular flexibility index (Phi) is 3.56. The summed E-state index contributed by atoms with van der Waals surface area (Å²) in [7, 11) is 0. The van der Waals surface area contributed by atoms with Crippen LogP contribution in [0.3, 0.4) is 0 Å². The molecule has 1 N–H and O–H groups in total. The summed E-state index contributed by atoms with van der Waals surface area (Å²) < 4.78 is 23.7. The van der Waals surface area contributed by atoms with Crippen LogP contribution < -0.4 is 14.8 Å². The molecule has 1 saturated heterocycles. The van der Waals surface area contributed by atoms with Crippen molar-refractivity contribution in [1.29, 1.82) is 0 Å². The molecule has 2 rings (SSSR count). The average molecular weight is 226 g/mol. The van der Waals surface area contributed by atoms with Gasteiger partial charge < -0.3 is 14.8 Å². The van der Waals surface area contributed by atoms with Gasteiger partial charge in [0.05, 0.1) is 12.8 Å². The quantitative estimate of drug-likeness (QED) is 0.770. The number of halogens is 1. The minimum absolute atomic E-state index is 0.140. The molecule has 1 aromatic rings. The summed E-state index contributed by atoms with van der Waals surface area (Å²) in [5.74, 6) is 0.0797. The third-order valence-corrected chi connectivity index (χ3v) is 2.46. The van der Waals surface area contributed by atoms with E-state index in [1.165, 1.54) is 12.3 Å². The van der Waals surface area contributed by atoms with Crippen molar-refractivity contribution < 1.29 is 13.9 Å². The van der Waals surface area contributed by atoms with E-state index in [0.717, 1.165) is 13.0 Å². The largest absolute Gasteiger partial charge is 0.490 e. The number of rotatable bonds is 5. The lowest BCUT2D eigenvalue weighted by atomic mass is 10.1. The van der Waals surface area contributed by atoms with Crippen LogP contribution in [0.15, 0.2) is 12.3 Å². The molecule has 1 fully saturated rings. The number of nitrogens with one attached hydrogen (secondary N) is 1. The van der Waals surface area contributed by atoms with Gasteiger partial charge in [0.2, 0.25) is 0 Å². The highest BCUT2D eigenvalue weighted by molar-refractivity contribution is 5.29. The Morgan fingerprint density at radius 1 is 1.56 bits per heavy atom. The van der Waals surface area contributed by atoms with Gasteiger partial charge in [0.1, 0.15) is 12.4 Å². The lowest BCUT2D eigenvalue weighted by molar-refractivity contribution is 0.215. The highest BCUT2D eigenvalue weighted by Gasteiger charge is 2.17. The minimum Gasteiger partial charge on any atom is -0.490 e. The van der Waals surface area contributed by atoms with E-state index >= 15 is 0 Å². The highest BCUT2D eigenvalue weighted by atomic mass is 19.1. The molecule has 1 aliphatic heterocycles. The maximum Gasteiger partial charge on any atom is 0.255 e. The van der Waals surface area contributed by atoms with E-state index in [0.29, 0.717) is 25.0 Å². The molecule has 16 heavy (non-hydrogen) atoms. The summed E-state index contributed by atoms with van der Waals surface area (Å²) >= 11 is 0. The topological polar surface area (TPSA) is 43.4 Å². The van der Waals surface area contributed by atoms with Gasteiger partial charge in [0.15, 0.2) is 5.75 Å². The van der Waals surface area contributed by atoms with Gasteiger partial charge in [-0.3, -0.25) is 0 Å². The minimum atomic E-state index is -0.601. The number of hydrogen-bond donors (Lipinski definition) is 1. The molecule has 1 atom stereocenters. The first-order valence-electron chi connectivity index (χ1n) is 5.44. The van der Waals surface area contributed by atoms with Crippen molar-refractivity contribution in [2.45, 2.75) is 19.4 Å². The first kappa shape index (κ1) is 11.1. The molecule has 4 nitrogen and oxygen atoms in total. The second kappa shape index (κ2) is 5.12. The summed E-state index contributed by atoms with van der Waals surface area (Å²) in [6, 6.07) is 1.94. The molecule has 1 aromatic heterocycles. The Morgan fingerprint density at radius 3 is 3.00 bits per heavy atom. The Balaban J connectivity index is 1.94. The standard InChI is InChI=1S/C11H15FN2O2/c1-2-15-10-5-9(6-14-11(10)12)16-7-8-3-4-13-8/h5-6,8,13H,2-4,7H2,1H3. The van der Waals surface area contributed by atoms with Gasteiger partial charge in [-0.1, -0.05) is 0 Å². The van der Waals surface area contributed by atoms with Crippen LogP contribution in [-0.2, 0) is 0 Å². The number of pyridine rings is 1. The van der Waals surface area contributed by atoms with Crippen LogP contribution in [0.1, 0.15) is 13.3 Å². The molecule has 0 amide bonds. The monoisotopic (exact) mass is 226 g/mol. The molecule has 2 heterocycles. The van der Waals surface area contributed by atoms with Gasteiger partial charge in [-0.05, 0) is 19.9 Å². The van der Waals surface area contributed by atoms with Crippen molar-refractivity contribution in [2.24, 2.45) is 0 Å². The van der Waals surface area contributed by atoms with E-state index in [4.69, 9.17) is 9.47 Å². The number of hydrogen-bond acceptors (Lipinski definition) is 4. The first-order chi connectivity index (χ1) is 7.79. The molecule has 0 radical (unpaired) electrons. The van der Waals surface area contributed by atoms with Gasteiger partial charge in [0, 0.05) is 12.1 Å².